The zero-order chi connectivity index (χ0) is 10.5. The second-order valence-corrected chi connectivity index (χ2v) is 0.885. The summed E-state index contributed by atoms with van der Waals surface area (Å²) < 4.78 is 49.5. The highest BCUT2D eigenvalue weighted by molar-refractivity contribution is 5.61. The summed E-state index contributed by atoms with van der Waals surface area (Å²) in [7, 11) is 0. The molecule has 3 heteroatoms. The number of cyclic esters (lactones) is 2. The second-order valence-electron chi connectivity index (χ2n) is 0.885. The maximum absolute atomic E-state index is 10.5. The van der Waals surface area contributed by atoms with Gasteiger partial charge in [-0.1, -0.05) is 0 Å². The zero-order valence-corrected chi connectivity index (χ0v) is 3.22. The third-order valence-electron chi connectivity index (χ3n) is 0.412. The summed E-state index contributed by atoms with van der Waals surface area (Å²) in [4.78, 5) is 10.5. The fourth-order valence-corrected chi connectivity index (χ4v) is 0.213. The molecule has 0 bridgehead atoms. The number of hydrogen-bond acceptors (Lipinski definition) is 3. The maximum Gasteiger partial charge on any atom is 0.508 e. The van der Waals surface area contributed by atoms with Crippen molar-refractivity contribution < 1.29 is 22.5 Å². The van der Waals surface area contributed by atoms with E-state index < -0.39 is 25.6 Å². The van der Waals surface area contributed by atoms with Crippen molar-refractivity contribution in [3.8, 4) is 0 Å². The van der Waals surface area contributed by atoms with Crippen LogP contribution in [0.5, 0.6) is 0 Å². The van der Waals surface area contributed by atoms with Gasteiger partial charge in [-0.15, -0.1) is 0 Å². The van der Waals surface area contributed by atoms with Crippen LogP contribution in [-0.4, -0.2) is 18.8 Å². The van der Waals surface area contributed by atoms with Gasteiger partial charge < -0.3 is 9.47 Å². The summed E-state index contributed by atoms with van der Waals surface area (Å²) in [5.41, 5.74) is 0. The Morgan fingerprint density at radius 1 is 2.43 bits per heavy atom. The molecule has 0 aromatic heterocycles. The second kappa shape index (κ2) is 1.40. The van der Waals surface area contributed by atoms with E-state index in [1.807, 2.05) is 0 Å². The highest BCUT2D eigenvalue weighted by Crippen LogP contribution is 2.02. The van der Waals surface area contributed by atoms with Crippen LogP contribution in [0.1, 0.15) is 15.1 Å². The Kier molecular flexibility index (Phi) is 0.232. The molecule has 1 fully saturated rings. The molecule has 3 nitrogen and oxygen atoms in total. The molecule has 0 radical (unpaired) electrons. The van der Waals surface area contributed by atoms with Gasteiger partial charge in [0.05, 0.1) is 4.11 Å². The Bertz CT molecular complexity index is 247. The SMILES string of the molecule is [2H]C([2H])([2H])C1([2H])OC(=O)OC1([2H])[2H]. The molecule has 0 aromatic rings. The minimum Gasteiger partial charge on any atom is -0.430 e. The minimum atomic E-state index is -3.09. The predicted octanol–water partition coefficient (Wildman–Crippen LogP) is 0.542. The first-order valence-electron chi connectivity index (χ1n) is 4.52. The van der Waals surface area contributed by atoms with E-state index in [2.05, 4.69) is 9.47 Å². The molecule has 0 saturated carbocycles. The van der Waals surface area contributed by atoms with Crippen molar-refractivity contribution in [3.05, 3.63) is 0 Å². The van der Waals surface area contributed by atoms with E-state index in [1.54, 1.807) is 0 Å². The number of carbonyl (C=O) groups excluding carboxylic acids is 1. The fraction of sp³-hybridized carbons (Fsp3) is 0.750. The van der Waals surface area contributed by atoms with Crippen LogP contribution in [0.15, 0.2) is 0 Å². The first kappa shape index (κ1) is 1.16. The standard InChI is InChI=1S/C4H6O3/c1-3-2-6-4(5)7-3/h3H,2H2,1H3/i1D3,2D2,3D. The van der Waals surface area contributed by atoms with Crippen LogP contribution in [-0.2, 0) is 9.47 Å². The Morgan fingerprint density at radius 3 is 3.57 bits per heavy atom. The summed E-state index contributed by atoms with van der Waals surface area (Å²) in [6.45, 7) is -6.06. The molecule has 0 spiro atoms. The number of ether oxygens (including phenoxy) is 2. The first-order valence-corrected chi connectivity index (χ1v) is 1.52. The van der Waals surface area contributed by atoms with Crippen LogP contribution < -0.4 is 0 Å². The van der Waals surface area contributed by atoms with E-state index in [1.165, 1.54) is 0 Å². The Hall–Kier alpha value is -0.730. The third kappa shape index (κ3) is 0.824. The number of rotatable bonds is 0. The van der Waals surface area contributed by atoms with Gasteiger partial charge in [0, 0.05) is 4.11 Å². The van der Waals surface area contributed by atoms with E-state index >= 15 is 0 Å². The van der Waals surface area contributed by atoms with Gasteiger partial charge in [-0.2, -0.15) is 0 Å². The van der Waals surface area contributed by atoms with Gasteiger partial charge >= 0.3 is 6.16 Å². The molecule has 0 amide bonds. The summed E-state index contributed by atoms with van der Waals surface area (Å²) in [6, 6.07) is 0. The Balaban J connectivity index is 3.10. The monoisotopic (exact) mass is 108 g/mol. The average molecular weight is 108 g/mol. The largest absolute Gasteiger partial charge is 0.508 e. The molecule has 0 aliphatic carbocycles. The van der Waals surface area contributed by atoms with Gasteiger partial charge in [0.15, 0.2) is 0 Å². The molecule has 1 atom stereocenters. The lowest BCUT2D eigenvalue weighted by atomic mass is 10.5. The molecule has 7 heavy (non-hydrogen) atoms. The minimum absolute atomic E-state index is 1.49. The highest BCUT2D eigenvalue weighted by Gasteiger charge is 2.19. The molecule has 40 valence electrons. The van der Waals surface area contributed by atoms with Crippen molar-refractivity contribution in [1.82, 2.24) is 0 Å². The first-order chi connectivity index (χ1) is 5.60. The number of hydrogen-bond donors (Lipinski definition) is 0. The molecule has 1 rings (SSSR count). The average Bonchev–Trinajstić information content (AvgIpc) is 2.00. The van der Waals surface area contributed by atoms with Crippen LogP contribution in [0.4, 0.5) is 4.79 Å². The summed E-state index contributed by atoms with van der Waals surface area (Å²) in [5.74, 6) is 0. The lowest BCUT2D eigenvalue weighted by molar-refractivity contribution is 0.121. The van der Waals surface area contributed by atoms with Gasteiger partial charge in [0.25, 0.3) is 0 Å². The van der Waals surface area contributed by atoms with Crippen LogP contribution in [0.3, 0.4) is 0 Å². The highest BCUT2D eigenvalue weighted by atomic mass is 16.8. The van der Waals surface area contributed by atoms with Gasteiger partial charge in [-0.3, -0.25) is 0 Å². The summed E-state index contributed by atoms with van der Waals surface area (Å²) >= 11 is 0. The third-order valence-corrected chi connectivity index (χ3v) is 0.412. The predicted molar refractivity (Wildman–Crippen MR) is 21.9 cm³/mol. The van der Waals surface area contributed by atoms with Gasteiger partial charge in [-0.05, 0) is 6.85 Å². The van der Waals surface area contributed by atoms with Crippen molar-refractivity contribution in [2.45, 2.75) is 12.9 Å². The van der Waals surface area contributed by atoms with Gasteiger partial charge in [-0.25, -0.2) is 4.79 Å². The molecule has 1 unspecified atom stereocenters. The fourth-order valence-electron chi connectivity index (χ4n) is 0.213. The smallest absolute Gasteiger partial charge is 0.430 e. The van der Waals surface area contributed by atoms with Crippen molar-refractivity contribution >= 4 is 6.16 Å². The molecule has 0 N–H and O–H groups in total. The van der Waals surface area contributed by atoms with E-state index in [9.17, 15) is 4.79 Å². The van der Waals surface area contributed by atoms with E-state index in [0.717, 1.165) is 0 Å². The molecular weight excluding hydrogens is 96.0 g/mol. The van der Waals surface area contributed by atoms with Crippen molar-refractivity contribution in [2.24, 2.45) is 0 Å². The molecule has 0 aromatic carbocycles. The maximum atomic E-state index is 10.5. The molecule has 1 heterocycles. The quantitative estimate of drug-likeness (QED) is 0.425. The van der Waals surface area contributed by atoms with Crippen LogP contribution in [0, 0.1) is 0 Å². The molecular formula is C4H6O3. The Labute approximate surface area is 49.6 Å². The van der Waals surface area contributed by atoms with Crippen LogP contribution in [0.2, 0.25) is 0 Å². The van der Waals surface area contributed by atoms with Crippen LogP contribution in [0.25, 0.3) is 0 Å². The van der Waals surface area contributed by atoms with Crippen molar-refractivity contribution in [3.63, 3.8) is 0 Å². The van der Waals surface area contributed by atoms with E-state index in [-0.39, 0.29) is 0 Å². The summed E-state index contributed by atoms with van der Waals surface area (Å²) in [5, 5.41) is 0. The van der Waals surface area contributed by atoms with Crippen molar-refractivity contribution in [2.75, 3.05) is 6.56 Å². The zero-order valence-electron chi connectivity index (χ0n) is 9.22. The van der Waals surface area contributed by atoms with E-state index in [4.69, 9.17) is 8.22 Å². The topological polar surface area (TPSA) is 35.5 Å². The molecule has 1 aliphatic rings. The molecule has 1 saturated heterocycles. The number of carbonyl (C=O) groups is 1. The van der Waals surface area contributed by atoms with Crippen molar-refractivity contribution in [1.29, 1.82) is 0 Å². The lowest BCUT2D eigenvalue weighted by Gasteiger charge is -1.90. The van der Waals surface area contributed by atoms with Gasteiger partial charge in [0.1, 0.15) is 12.6 Å². The van der Waals surface area contributed by atoms with Crippen LogP contribution >= 0.6 is 0 Å². The Morgan fingerprint density at radius 2 is 3.29 bits per heavy atom. The molecule has 1 aliphatic heterocycles. The normalized spacial score (nSPS) is 61.4. The van der Waals surface area contributed by atoms with Gasteiger partial charge in [0.2, 0.25) is 0 Å². The summed E-state index contributed by atoms with van der Waals surface area (Å²) in [6.07, 6.45) is -4.48. The lowest BCUT2D eigenvalue weighted by Crippen LogP contribution is -2.01. The van der Waals surface area contributed by atoms with E-state index in [0.29, 0.717) is 0 Å².